The summed E-state index contributed by atoms with van der Waals surface area (Å²) in [5, 5.41) is 3.69. The Morgan fingerprint density at radius 1 is 1.25 bits per heavy atom. The van der Waals surface area contributed by atoms with Crippen molar-refractivity contribution in [1.29, 1.82) is 0 Å². The number of nitrogen functional groups attached to an aromatic ring is 1. The Bertz CT molecular complexity index is 553. The lowest BCUT2D eigenvalue weighted by Gasteiger charge is -2.00. The van der Waals surface area contributed by atoms with E-state index < -0.39 is 5.82 Å². The van der Waals surface area contributed by atoms with Gasteiger partial charge in [-0.05, 0) is 12.1 Å². The van der Waals surface area contributed by atoms with Crippen LogP contribution in [-0.2, 0) is 0 Å². The highest BCUT2D eigenvalue weighted by molar-refractivity contribution is 5.66. The molecule has 0 amide bonds. The fourth-order valence-electron chi connectivity index (χ4n) is 1.54. The number of anilines is 1. The second-order valence-electron chi connectivity index (χ2n) is 3.31. The van der Waals surface area contributed by atoms with E-state index in [-0.39, 0.29) is 18.4 Å². The van der Waals surface area contributed by atoms with Crippen LogP contribution in [0.1, 0.15) is 0 Å². The number of nitrogens with zero attached hydrogens (tertiary/aromatic N) is 1. The zero-order valence-electron chi connectivity index (χ0n) is 8.07. The molecule has 0 atom stereocenters. The summed E-state index contributed by atoms with van der Waals surface area (Å²) in [5.74, 6) is 0.163. The summed E-state index contributed by atoms with van der Waals surface area (Å²) in [6.07, 6.45) is 0. The molecule has 1 aliphatic rings. The standard InChI is InChI=1S/C10H7FN2O3/c11-6-1-5(7-3-9(12)16-13-7)2-8-10(6)15-4-14-8/h1-3H,4,12H2. The molecule has 1 aromatic carbocycles. The van der Waals surface area contributed by atoms with Crippen LogP contribution in [0.25, 0.3) is 11.3 Å². The van der Waals surface area contributed by atoms with Crippen LogP contribution in [0.2, 0.25) is 0 Å². The van der Waals surface area contributed by atoms with Crippen molar-refractivity contribution < 1.29 is 18.4 Å². The maximum absolute atomic E-state index is 13.5. The predicted molar refractivity (Wildman–Crippen MR) is 52.4 cm³/mol. The fourth-order valence-corrected chi connectivity index (χ4v) is 1.54. The van der Waals surface area contributed by atoms with Gasteiger partial charge in [-0.3, -0.25) is 0 Å². The zero-order valence-corrected chi connectivity index (χ0v) is 8.07. The molecule has 1 aromatic heterocycles. The van der Waals surface area contributed by atoms with Crippen molar-refractivity contribution >= 4 is 5.88 Å². The molecule has 6 heteroatoms. The minimum atomic E-state index is -0.494. The lowest BCUT2D eigenvalue weighted by atomic mass is 10.1. The van der Waals surface area contributed by atoms with Crippen molar-refractivity contribution in [3.63, 3.8) is 0 Å². The molecule has 0 spiro atoms. The van der Waals surface area contributed by atoms with Gasteiger partial charge in [-0.2, -0.15) is 0 Å². The molecular formula is C10H7FN2O3. The average Bonchev–Trinajstić information content (AvgIpc) is 2.85. The zero-order chi connectivity index (χ0) is 11.1. The van der Waals surface area contributed by atoms with Crippen LogP contribution in [0.5, 0.6) is 11.5 Å². The van der Waals surface area contributed by atoms with Crippen molar-refractivity contribution in [3.05, 3.63) is 24.0 Å². The average molecular weight is 222 g/mol. The lowest BCUT2D eigenvalue weighted by Crippen LogP contribution is -1.93. The number of fused-ring (bicyclic) bond motifs is 1. The monoisotopic (exact) mass is 222 g/mol. The van der Waals surface area contributed by atoms with Crippen LogP contribution in [0.15, 0.2) is 22.7 Å². The van der Waals surface area contributed by atoms with Gasteiger partial charge in [0.1, 0.15) is 5.69 Å². The van der Waals surface area contributed by atoms with Gasteiger partial charge in [-0.25, -0.2) is 4.39 Å². The first kappa shape index (κ1) is 9.02. The molecular weight excluding hydrogens is 215 g/mol. The molecule has 0 fully saturated rings. The van der Waals surface area contributed by atoms with Crippen LogP contribution in [0.3, 0.4) is 0 Å². The molecule has 0 aliphatic carbocycles. The molecule has 3 rings (SSSR count). The van der Waals surface area contributed by atoms with Crippen LogP contribution in [-0.4, -0.2) is 11.9 Å². The van der Waals surface area contributed by atoms with Gasteiger partial charge in [0.15, 0.2) is 11.6 Å². The van der Waals surface area contributed by atoms with Crippen molar-refractivity contribution in [2.75, 3.05) is 12.5 Å². The second kappa shape index (κ2) is 3.13. The van der Waals surface area contributed by atoms with E-state index in [9.17, 15) is 4.39 Å². The van der Waals surface area contributed by atoms with Gasteiger partial charge in [-0.1, -0.05) is 5.16 Å². The van der Waals surface area contributed by atoms with Crippen LogP contribution in [0, 0.1) is 5.82 Å². The second-order valence-corrected chi connectivity index (χ2v) is 3.31. The SMILES string of the molecule is Nc1cc(-c2cc(F)c3c(c2)OCO3)no1. The Morgan fingerprint density at radius 3 is 2.88 bits per heavy atom. The molecule has 16 heavy (non-hydrogen) atoms. The summed E-state index contributed by atoms with van der Waals surface area (Å²) in [7, 11) is 0. The summed E-state index contributed by atoms with van der Waals surface area (Å²) < 4.78 is 28.3. The largest absolute Gasteiger partial charge is 0.453 e. The van der Waals surface area contributed by atoms with E-state index in [2.05, 4.69) is 5.16 Å². The lowest BCUT2D eigenvalue weighted by molar-refractivity contribution is 0.171. The van der Waals surface area contributed by atoms with E-state index in [4.69, 9.17) is 19.7 Å². The van der Waals surface area contributed by atoms with E-state index >= 15 is 0 Å². The maximum atomic E-state index is 13.5. The van der Waals surface area contributed by atoms with Crippen molar-refractivity contribution in [3.8, 4) is 22.8 Å². The number of ether oxygens (including phenoxy) is 2. The fraction of sp³-hybridized carbons (Fsp3) is 0.100. The smallest absolute Gasteiger partial charge is 0.231 e. The molecule has 0 unspecified atom stereocenters. The Kier molecular flexibility index (Phi) is 1.76. The summed E-state index contributed by atoms with van der Waals surface area (Å²) in [6, 6.07) is 4.44. The van der Waals surface area contributed by atoms with E-state index in [1.165, 1.54) is 12.1 Å². The quantitative estimate of drug-likeness (QED) is 0.796. The highest BCUT2D eigenvalue weighted by Gasteiger charge is 2.20. The van der Waals surface area contributed by atoms with Gasteiger partial charge in [0.05, 0.1) is 0 Å². The van der Waals surface area contributed by atoms with Gasteiger partial charge in [0.25, 0.3) is 0 Å². The number of nitrogens with two attached hydrogens (primary N) is 1. The van der Waals surface area contributed by atoms with Crippen molar-refractivity contribution in [2.24, 2.45) is 0 Å². The maximum Gasteiger partial charge on any atom is 0.231 e. The van der Waals surface area contributed by atoms with Crippen molar-refractivity contribution in [2.45, 2.75) is 0 Å². The van der Waals surface area contributed by atoms with Gasteiger partial charge in [0.2, 0.25) is 18.4 Å². The molecule has 0 bridgehead atoms. The Morgan fingerprint density at radius 2 is 2.12 bits per heavy atom. The molecule has 5 nitrogen and oxygen atoms in total. The minimum Gasteiger partial charge on any atom is -0.453 e. The third-order valence-corrected chi connectivity index (χ3v) is 2.25. The number of hydrogen-bond acceptors (Lipinski definition) is 5. The molecule has 0 radical (unpaired) electrons. The molecule has 2 aromatic rings. The number of benzene rings is 1. The highest BCUT2D eigenvalue weighted by atomic mass is 19.1. The number of hydrogen-bond donors (Lipinski definition) is 1. The van der Waals surface area contributed by atoms with Crippen LogP contribution < -0.4 is 15.2 Å². The first-order valence-corrected chi connectivity index (χ1v) is 4.56. The topological polar surface area (TPSA) is 70.5 Å². The minimum absolute atomic E-state index is 0.0245. The number of rotatable bonds is 1. The van der Waals surface area contributed by atoms with Gasteiger partial charge in [-0.15, -0.1) is 0 Å². The molecule has 1 aliphatic heterocycles. The Labute approximate surface area is 89.5 Å². The first-order chi connectivity index (χ1) is 7.74. The molecule has 0 saturated heterocycles. The first-order valence-electron chi connectivity index (χ1n) is 4.56. The molecule has 2 heterocycles. The van der Waals surface area contributed by atoms with Crippen molar-refractivity contribution in [1.82, 2.24) is 5.16 Å². The number of halogens is 1. The Balaban J connectivity index is 2.12. The third-order valence-electron chi connectivity index (χ3n) is 2.25. The normalized spacial score (nSPS) is 13.1. The van der Waals surface area contributed by atoms with Gasteiger partial charge in [0, 0.05) is 11.6 Å². The summed E-state index contributed by atoms with van der Waals surface area (Å²) in [4.78, 5) is 0. The summed E-state index contributed by atoms with van der Waals surface area (Å²) >= 11 is 0. The van der Waals surface area contributed by atoms with Crippen LogP contribution in [0.4, 0.5) is 10.3 Å². The third kappa shape index (κ3) is 1.27. The van der Waals surface area contributed by atoms with Gasteiger partial charge >= 0.3 is 0 Å². The highest BCUT2D eigenvalue weighted by Crippen LogP contribution is 2.38. The van der Waals surface area contributed by atoms with Gasteiger partial charge < -0.3 is 19.7 Å². The van der Waals surface area contributed by atoms with E-state index in [0.717, 1.165) is 0 Å². The van der Waals surface area contributed by atoms with E-state index in [0.29, 0.717) is 17.0 Å². The van der Waals surface area contributed by atoms with E-state index in [1.807, 2.05) is 0 Å². The van der Waals surface area contributed by atoms with E-state index in [1.54, 1.807) is 6.07 Å². The summed E-state index contributed by atoms with van der Waals surface area (Å²) in [5.41, 5.74) is 6.37. The predicted octanol–water partition coefficient (Wildman–Crippen LogP) is 1.79. The molecule has 2 N–H and O–H groups in total. The summed E-state index contributed by atoms with van der Waals surface area (Å²) in [6.45, 7) is 0.0245. The van der Waals surface area contributed by atoms with Crippen LogP contribution >= 0.6 is 0 Å². The number of aromatic nitrogens is 1. The molecule has 0 saturated carbocycles. The Hall–Kier alpha value is -2.24. The molecule has 82 valence electrons.